The first kappa shape index (κ1) is 14.9. The van der Waals surface area contributed by atoms with Crippen LogP contribution in [0.5, 0.6) is 0 Å². The molecule has 0 aromatic heterocycles. The van der Waals surface area contributed by atoms with Gasteiger partial charge in [0.2, 0.25) is 0 Å². The fourth-order valence-electron chi connectivity index (χ4n) is 3.08. The molecular formula is C16H25N3O. The lowest BCUT2D eigenvalue weighted by molar-refractivity contribution is 0.0649. The Hall–Kier alpha value is -1.55. The summed E-state index contributed by atoms with van der Waals surface area (Å²) in [5.41, 5.74) is 5.13. The fraction of sp³-hybridized carbons (Fsp3) is 0.562. The molecule has 2 rings (SSSR count). The highest BCUT2D eigenvalue weighted by atomic mass is 16.2. The summed E-state index contributed by atoms with van der Waals surface area (Å²) < 4.78 is 0. The van der Waals surface area contributed by atoms with Crippen LogP contribution in [0.4, 0.5) is 5.69 Å². The first-order valence-corrected chi connectivity index (χ1v) is 7.55. The van der Waals surface area contributed by atoms with E-state index in [1.54, 1.807) is 0 Å². The molecule has 20 heavy (non-hydrogen) atoms. The predicted molar refractivity (Wildman–Crippen MR) is 82.6 cm³/mol. The van der Waals surface area contributed by atoms with E-state index < -0.39 is 0 Å². The average Bonchev–Trinajstić information content (AvgIpc) is 2.48. The summed E-state index contributed by atoms with van der Waals surface area (Å²) in [7, 11) is 0. The third-order valence-electron chi connectivity index (χ3n) is 4.18. The van der Waals surface area contributed by atoms with Crippen molar-refractivity contribution in [3.8, 4) is 0 Å². The van der Waals surface area contributed by atoms with Gasteiger partial charge < -0.3 is 10.3 Å². The first-order valence-electron chi connectivity index (χ1n) is 7.55. The van der Waals surface area contributed by atoms with Crippen molar-refractivity contribution in [3.63, 3.8) is 0 Å². The Morgan fingerprint density at radius 2 is 2.05 bits per heavy atom. The number of amides is 1. The second-order valence-corrected chi connectivity index (χ2v) is 5.58. The molecule has 0 atom stereocenters. The number of hydrogen-bond acceptors (Lipinski definition) is 3. The monoisotopic (exact) mass is 275 g/mol. The van der Waals surface area contributed by atoms with E-state index in [0.29, 0.717) is 17.3 Å². The molecule has 1 aliphatic carbocycles. The number of nitrogens with two attached hydrogens (primary N) is 1. The molecule has 0 bridgehead atoms. The molecule has 1 aromatic rings. The Morgan fingerprint density at radius 1 is 1.35 bits per heavy atom. The molecule has 4 nitrogen and oxygen atoms in total. The van der Waals surface area contributed by atoms with Gasteiger partial charge in [-0.05, 0) is 44.4 Å². The third kappa shape index (κ3) is 3.12. The van der Waals surface area contributed by atoms with E-state index in [2.05, 4.69) is 12.3 Å². The standard InChI is InChI=1S/C16H25N3O/c1-3-19(13-7-5-4-6-8-13)16(20)14-10-9-12(2)11-15(14)18-17/h9-11,13,18H,3-8,17H2,1-2H3. The Balaban J connectivity index is 2.23. The van der Waals surface area contributed by atoms with Crippen molar-refractivity contribution in [1.29, 1.82) is 0 Å². The van der Waals surface area contributed by atoms with E-state index in [9.17, 15) is 4.79 Å². The first-order chi connectivity index (χ1) is 9.67. The Morgan fingerprint density at radius 3 is 2.65 bits per heavy atom. The highest BCUT2D eigenvalue weighted by Gasteiger charge is 2.26. The van der Waals surface area contributed by atoms with Crippen molar-refractivity contribution in [2.24, 2.45) is 5.84 Å². The van der Waals surface area contributed by atoms with E-state index >= 15 is 0 Å². The third-order valence-corrected chi connectivity index (χ3v) is 4.18. The van der Waals surface area contributed by atoms with Crippen molar-refractivity contribution < 1.29 is 4.79 Å². The SMILES string of the molecule is CCN(C(=O)c1ccc(C)cc1NN)C1CCCCC1. The normalized spacial score (nSPS) is 15.9. The topological polar surface area (TPSA) is 58.4 Å². The fourth-order valence-corrected chi connectivity index (χ4v) is 3.08. The molecule has 1 saturated carbocycles. The van der Waals surface area contributed by atoms with Crippen LogP contribution >= 0.6 is 0 Å². The molecule has 1 amide bonds. The molecule has 0 aliphatic heterocycles. The van der Waals surface area contributed by atoms with E-state index in [1.165, 1.54) is 19.3 Å². The molecule has 0 heterocycles. The molecule has 0 saturated heterocycles. The molecule has 0 spiro atoms. The van der Waals surface area contributed by atoms with Gasteiger partial charge in [-0.3, -0.25) is 10.6 Å². The zero-order valence-corrected chi connectivity index (χ0v) is 12.5. The summed E-state index contributed by atoms with van der Waals surface area (Å²) in [4.78, 5) is 14.8. The van der Waals surface area contributed by atoms with Crippen molar-refractivity contribution in [2.45, 2.75) is 52.0 Å². The van der Waals surface area contributed by atoms with Crippen LogP contribution < -0.4 is 11.3 Å². The molecule has 3 N–H and O–H groups in total. The van der Waals surface area contributed by atoms with Gasteiger partial charge in [-0.15, -0.1) is 0 Å². The average molecular weight is 275 g/mol. The van der Waals surface area contributed by atoms with Crippen LogP contribution in [0.1, 0.15) is 54.9 Å². The van der Waals surface area contributed by atoms with Crippen molar-refractivity contribution in [3.05, 3.63) is 29.3 Å². The molecule has 1 fully saturated rings. The van der Waals surface area contributed by atoms with Gasteiger partial charge >= 0.3 is 0 Å². The maximum absolute atomic E-state index is 12.8. The second-order valence-electron chi connectivity index (χ2n) is 5.58. The van der Waals surface area contributed by atoms with Gasteiger partial charge in [-0.1, -0.05) is 25.3 Å². The summed E-state index contributed by atoms with van der Waals surface area (Å²) in [5, 5.41) is 0. The van der Waals surface area contributed by atoms with Gasteiger partial charge in [0.1, 0.15) is 0 Å². The molecule has 0 unspecified atom stereocenters. The minimum Gasteiger partial charge on any atom is -0.336 e. The van der Waals surface area contributed by atoms with E-state index in [1.807, 2.05) is 30.0 Å². The van der Waals surface area contributed by atoms with Crippen LogP contribution in [0, 0.1) is 6.92 Å². The van der Waals surface area contributed by atoms with Crippen molar-refractivity contribution in [1.82, 2.24) is 4.90 Å². The van der Waals surface area contributed by atoms with Gasteiger partial charge in [0.25, 0.3) is 5.91 Å². The van der Waals surface area contributed by atoms with Gasteiger partial charge in [-0.25, -0.2) is 0 Å². The van der Waals surface area contributed by atoms with E-state index in [4.69, 9.17) is 5.84 Å². The summed E-state index contributed by atoms with van der Waals surface area (Å²) >= 11 is 0. The van der Waals surface area contributed by atoms with Crippen molar-refractivity contribution >= 4 is 11.6 Å². The number of hydrogen-bond donors (Lipinski definition) is 2. The summed E-state index contributed by atoms with van der Waals surface area (Å²) in [6.07, 6.45) is 5.99. The Bertz CT molecular complexity index is 467. The Labute approximate surface area is 121 Å². The lowest BCUT2D eigenvalue weighted by Crippen LogP contribution is -2.41. The van der Waals surface area contributed by atoms with Crippen LogP contribution in [0.25, 0.3) is 0 Å². The van der Waals surface area contributed by atoms with Crippen LogP contribution in [-0.2, 0) is 0 Å². The minimum absolute atomic E-state index is 0.0901. The van der Waals surface area contributed by atoms with Gasteiger partial charge in [0.15, 0.2) is 0 Å². The predicted octanol–water partition coefficient (Wildman–Crippen LogP) is 3.08. The number of anilines is 1. The highest BCUT2D eigenvalue weighted by Crippen LogP contribution is 2.26. The summed E-state index contributed by atoms with van der Waals surface area (Å²) in [6, 6.07) is 6.14. The van der Waals surface area contributed by atoms with Crippen LogP contribution in [-0.4, -0.2) is 23.4 Å². The maximum Gasteiger partial charge on any atom is 0.256 e. The number of hydrazine groups is 1. The Kier molecular flexibility index (Phi) is 5.01. The van der Waals surface area contributed by atoms with Crippen LogP contribution in [0.3, 0.4) is 0 Å². The molecular weight excluding hydrogens is 250 g/mol. The van der Waals surface area contributed by atoms with E-state index in [-0.39, 0.29) is 5.91 Å². The quantitative estimate of drug-likeness (QED) is 0.656. The number of carbonyl (C=O) groups excluding carboxylic acids is 1. The maximum atomic E-state index is 12.8. The smallest absolute Gasteiger partial charge is 0.256 e. The lowest BCUT2D eigenvalue weighted by Gasteiger charge is -2.34. The largest absolute Gasteiger partial charge is 0.336 e. The number of benzene rings is 1. The minimum atomic E-state index is 0.0901. The number of carbonyl (C=O) groups is 1. The lowest BCUT2D eigenvalue weighted by atomic mass is 9.93. The van der Waals surface area contributed by atoms with E-state index in [0.717, 1.165) is 24.9 Å². The molecule has 0 radical (unpaired) electrons. The van der Waals surface area contributed by atoms with Gasteiger partial charge in [-0.2, -0.15) is 0 Å². The van der Waals surface area contributed by atoms with Crippen LogP contribution in [0.15, 0.2) is 18.2 Å². The summed E-state index contributed by atoms with van der Waals surface area (Å²) in [5.74, 6) is 5.65. The number of nitrogens with zero attached hydrogens (tertiary/aromatic N) is 1. The number of rotatable bonds is 4. The number of aryl methyl sites for hydroxylation is 1. The van der Waals surface area contributed by atoms with Gasteiger partial charge in [0.05, 0.1) is 11.3 Å². The van der Waals surface area contributed by atoms with Crippen LogP contribution in [0.2, 0.25) is 0 Å². The summed E-state index contributed by atoms with van der Waals surface area (Å²) in [6.45, 7) is 4.80. The zero-order valence-electron chi connectivity index (χ0n) is 12.5. The molecule has 1 aliphatic rings. The molecule has 110 valence electrons. The number of nitrogens with one attached hydrogen (secondary N) is 1. The molecule has 1 aromatic carbocycles. The van der Waals surface area contributed by atoms with Crippen molar-refractivity contribution in [2.75, 3.05) is 12.0 Å². The zero-order chi connectivity index (χ0) is 14.5. The van der Waals surface area contributed by atoms with Gasteiger partial charge in [0, 0.05) is 12.6 Å². The molecule has 4 heteroatoms. The second kappa shape index (κ2) is 6.75. The number of nitrogen functional groups attached to an aromatic ring is 1. The highest BCUT2D eigenvalue weighted by molar-refractivity contribution is 5.99.